The van der Waals surface area contributed by atoms with Crippen LogP contribution in [0.1, 0.15) is 48.6 Å². The fourth-order valence-electron chi connectivity index (χ4n) is 3.02. The lowest BCUT2D eigenvalue weighted by Gasteiger charge is -2.24. The number of fused-ring (bicyclic) bond motifs is 1. The van der Waals surface area contributed by atoms with Crippen molar-refractivity contribution in [3.8, 4) is 0 Å². The number of aryl methyl sites for hydroxylation is 1. The number of thiophene rings is 1. The van der Waals surface area contributed by atoms with Gasteiger partial charge in [0.2, 0.25) is 0 Å². The van der Waals surface area contributed by atoms with Crippen LogP contribution in [-0.2, 0) is 11.2 Å². The van der Waals surface area contributed by atoms with E-state index < -0.39 is 0 Å². The summed E-state index contributed by atoms with van der Waals surface area (Å²) in [6, 6.07) is 2.88. The predicted octanol–water partition coefficient (Wildman–Crippen LogP) is 4.05. The van der Waals surface area contributed by atoms with Crippen LogP contribution in [0.3, 0.4) is 0 Å². The van der Waals surface area contributed by atoms with Gasteiger partial charge in [0, 0.05) is 17.5 Å². The Morgan fingerprint density at radius 2 is 2.33 bits per heavy atom. The van der Waals surface area contributed by atoms with Crippen LogP contribution in [0.15, 0.2) is 9.85 Å². The maximum absolute atomic E-state index is 5.67. The number of hydrogen-bond donors (Lipinski definition) is 1. The molecule has 4 heteroatoms. The van der Waals surface area contributed by atoms with E-state index in [1.807, 2.05) is 11.3 Å². The molecule has 2 heterocycles. The zero-order chi connectivity index (χ0) is 12.4. The maximum atomic E-state index is 5.67. The van der Waals surface area contributed by atoms with Crippen molar-refractivity contribution in [1.29, 1.82) is 0 Å². The van der Waals surface area contributed by atoms with Gasteiger partial charge in [-0.05, 0) is 72.6 Å². The molecule has 0 amide bonds. The molecule has 2 unspecified atom stereocenters. The highest BCUT2D eigenvalue weighted by atomic mass is 79.9. The maximum Gasteiger partial charge on any atom is 0.0704 e. The summed E-state index contributed by atoms with van der Waals surface area (Å²) in [5.74, 6) is 0. The molecular formula is C14H20BrNOS. The molecule has 0 bridgehead atoms. The van der Waals surface area contributed by atoms with Crippen LogP contribution in [0.2, 0.25) is 0 Å². The van der Waals surface area contributed by atoms with Crippen LogP contribution in [0.25, 0.3) is 0 Å². The first kappa shape index (κ1) is 13.1. The lowest BCUT2D eigenvalue weighted by atomic mass is 9.94. The molecule has 0 saturated carbocycles. The number of ether oxygens (including phenoxy) is 1. The molecule has 0 aromatic carbocycles. The number of rotatable bonds is 4. The van der Waals surface area contributed by atoms with Crippen LogP contribution < -0.4 is 5.32 Å². The minimum atomic E-state index is 0.509. The lowest BCUT2D eigenvalue weighted by molar-refractivity contribution is 0.103. The van der Waals surface area contributed by atoms with Gasteiger partial charge in [0.05, 0.1) is 9.89 Å². The van der Waals surface area contributed by atoms with Crippen molar-refractivity contribution in [2.24, 2.45) is 0 Å². The van der Waals surface area contributed by atoms with Gasteiger partial charge in [-0.25, -0.2) is 0 Å². The van der Waals surface area contributed by atoms with Crippen molar-refractivity contribution in [2.75, 3.05) is 13.2 Å². The third kappa shape index (κ3) is 2.98. The van der Waals surface area contributed by atoms with E-state index in [1.165, 1.54) is 41.5 Å². The van der Waals surface area contributed by atoms with E-state index in [4.69, 9.17) is 4.74 Å². The largest absolute Gasteiger partial charge is 0.378 e. The molecule has 18 heavy (non-hydrogen) atoms. The van der Waals surface area contributed by atoms with Crippen LogP contribution in [0.4, 0.5) is 0 Å². The van der Waals surface area contributed by atoms with Crippen molar-refractivity contribution in [3.63, 3.8) is 0 Å². The van der Waals surface area contributed by atoms with Crippen molar-refractivity contribution in [3.05, 3.63) is 20.3 Å². The molecule has 1 aliphatic heterocycles. The Hall–Kier alpha value is 0.1000. The fourth-order valence-corrected chi connectivity index (χ4v) is 4.84. The average Bonchev–Trinajstić information content (AvgIpc) is 2.97. The molecule has 1 fully saturated rings. The Balaban J connectivity index is 1.53. The third-order valence-corrected chi connectivity index (χ3v) is 5.68. The summed E-state index contributed by atoms with van der Waals surface area (Å²) in [6.45, 7) is 2.05. The van der Waals surface area contributed by atoms with E-state index in [0.717, 1.165) is 19.6 Å². The molecule has 1 aromatic rings. The van der Waals surface area contributed by atoms with E-state index in [1.54, 1.807) is 4.88 Å². The molecule has 1 saturated heterocycles. The molecule has 1 N–H and O–H groups in total. The zero-order valence-corrected chi connectivity index (χ0v) is 13.0. The van der Waals surface area contributed by atoms with E-state index in [0.29, 0.717) is 12.1 Å². The summed E-state index contributed by atoms with van der Waals surface area (Å²) >= 11 is 5.52. The second-order valence-corrected chi connectivity index (χ2v) is 7.77. The first-order valence-electron chi connectivity index (χ1n) is 6.96. The molecule has 0 radical (unpaired) electrons. The highest BCUT2D eigenvalue weighted by Gasteiger charge is 2.22. The predicted molar refractivity (Wildman–Crippen MR) is 79.3 cm³/mol. The van der Waals surface area contributed by atoms with E-state index in [9.17, 15) is 0 Å². The van der Waals surface area contributed by atoms with Gasteiger partial charge in [0.1, 0.15) is 0 Å². The first-order chi connectivity index (χ1) is 8.83. The van der Waals surface area contributed by atoms with Gasteiger partial charge in [0.25, 0.3) is 0 Å². The standard InChI is InChI=1S/C14H20BrNOS/c15-14-9-11-12(4-1-5-13(11)18-14)16-7-6-10-3-2-8-17-10/h9-10,12,16H,1-8H2. The van der Waals surface area contributed by atoms with Gasteiger partial charge in [-0.3, -0.25) is 0 Å². The van der Waals surface area contributed by atoms with Gasteiger partial charge in [0.15, 0.2) is 0 Å². The zero-order valence-electron chi connectivity index (χ0n) is 10.6. The minimum Gasteiger partial charge on any atom is -0.378 e. The molecule has 1 aliphatic carbocycles. The molecule has 3 rings (SSSR count). The molecule has 0 spiro atoms. The van der Waals surface area contributed by atoms with Crippen molar-refractivity contribution >= 4 is 27.3 Å². The highest BCUT2D eigenvalue weighted by molar-refractivity contribution is 9.11. The fraction of sp³-hybridized carbons (Fsp3) is 0.714. The summed E-state index contributed by atoms with van der Waals surface area (Å²) in [5.41, 5.74) is 1.53. The molecule has 100 valence electrons. The average molecular weight is 330 g/mol. The SMILES string of the molecule is Brc1cc2c(s1)CCCC2NCCC1CCCO1. The Morgan fingerprint density at radius 3 is 3.17 bits per heavy atom. The van der Waals surface area contributed by atoms with Gasteiger partial charge in [-0.15, -0.1) is 11.3 Å². The Bertz CT molecular complexity index is 400. The van der Waals surface area contributed by atoms with Gasteiger partial charge in [-0.2, -0.15) is 0 Å². The van der Waals surface area contributed by atoms with Crippen LogP contribution in [0, 0.1) is 0 Å². The second kappa shape index (κ2) is 6.04. The van der Waals surface area contributed by atoms with Crippen molar-refractivity contribution in [1.82, 2.24) is 5.32 Å². The summed E-state index contributed by atoms with van der Waals surface area (Å²) in [4.78, 5) is 1.57. The van der Waals surface area contributed by atoms with Crippen LogP contribution in [0.5, 0.6) is 0 Å². The Labute approximate surface area is 121 Å². The van der Waals surface area contributed by atoms with Crippen LogP contribution >= 0.6 is 27.3 Å². The minimum absolute atomic E-state index is 0.509. The first-order valence-corrected chi connectivity index (χ1v) is 8.57. The van der Waals surface area contributed by atoms with Gasteiger partial charge in [-0.1, -0.05) is 0 Å². The lowest BCUT2D eigenvalue weighted by Crippen LogP contribution is -2.27. The summed E-state index contributed by atoms with van der Waals surface area (Å²) in [6.07, 6.45) is 8.03. The second-order valence-electron chi connectivity index (χ2n) is 5.25. The van der Waals surface area contributed by atoms with Crippen molar-refractivity contribution < 1.29 is 4.74 Å². The Morgan fingerprint density at radius 1 is 1.39 bits per heavy atom. The molecule has 1 aromatic heterocycles. The molecule has 2 atom stereocenters. The molecule has 2 nitrogen and oxygen atoms in total. The third-order valence-electron chi connectivity index (χ3n) is 3.96. The highest BCUT2D eigenvalue weighted by Crippen LogP contribution is 2.37. The quantitative estimate of drug-likeness (QED) is 0.899. The van der Waals surface area contributed by atoms with Gasteiger partial charge >= 0.3 is 0 Å². The van der Waals surface area contributed by atoms with E-state index in [2.05, 4.69) is 27.3 Å². The molecule has 2 aliphatic rings. The summed E-state index contributed by atoms with van der Waals surface area (Å²) in [7, 11) is 0. The number of halogens is 1. The van der Waals surface area contributed by atoms with E-state index >= 15 is 0 Å². The van der Waals surface area contributed by atoms with Gasteiger partial charge < -0.3 is 10.1 Å². The normalized spacial score (nSPS) is 27.4. The Kier molecular flexibility index (Phi) is 4.39. The smallest absolute Gasteiger partial charge is 0.0704 e. The topological polar surface area (TPSA) is 21.3 Å². The van der Waals surface area contributed by atoms with Crippen molar-refractivity contribution in [2.45, 2.75) is 50.7 Å². The number of nitrogens with one attached hydrogen (secondary N) is 1. The summed E-state index contributed by atoms with van der Waals surface area (Å²) in [5, 5.41) is 3.72. The van der Waals surface area contributed by atoms with Crippen LogP contribution in [-0.4, -0.2) is 19.3 Å². The molecular weight excluding hydrogens is 310 g/mol. The number of hydrogen-bond acceptors (Lipinski definition) is 3. The monoisotopic (exact) mass is 329 g/mol. The van der Waals surface area contributed by atoms with E-state index in [-0.39, 0.29) is 0 Å². The summed E-state index contributed by atoms with van der Waals surface area (Å²) < 4.78 is 6.95.